The van der Waals surface area contributed by atoms with Crippen LogP contribution >= 0.6 is 0 Å². The second-order valence-electron chi connectivity index (χ2n) is 6.02. The SMILES string of the molecule is COc1ccc(OC)c(C(Cc2cccc(OC(C)C)c2)C(=O)O)c1. The van der Waals surface area contributed by atoms with Crippen LogP contribution in [0.25, 0.3) is 0 Å². The van der Waals surface area contributed by atoms with E-state index in [9.17, 15) is 9.90 Å². The van der Waals surface area contributed by atoms with E-state index in [0.29, 0.717) is 23.5 Å². The zero-order valence-electron chi connectivity index (χ0n) is 15.0. The minimum Gasteiger partial charge on any atom is -0.497 e. The molecule has 0 saturated carbocycles. The van der Waals surface area contributed by atoms with Crippen molar-refractivity contribution in [2.24, 2.45) is 0 Å². The Morgan fingerprint density at radius 3 is 2.40 bits per heavy atom. The number of carbonyl (C=O) groups is 1. The molecule has 5 nitrogen and oxygen atoms in total. The summed E-state index contributed by atoms with van der Waals surface area (Å²) >= 11 is 0. The molecule has 25 heavy (non-hydrogen) atoms. The minimum absolute atomic E-state index is 0.0593. The van der Waals surface area contributed by atoms with E-state index in [1.165, 1.54) is 7.11 Å². The van der Waals surface area contributed by atoms with Crippen molar-refractivity contribution >= 4 is 5.97 Å². The number of hydrogen-bond donors (Lipinski definition) is 1. The lowest BCUT2D eigenvalue weighted by Crippen LogP contribution is -2.16. The molecule has 134 valence electrons. The molecular weight excluding hydrogens is 320 g/mol. The standard InChI is InChI=1S/C20H24O5/c1-13(2)25-16-7-5-6-14(10-16)11-18(20(21)22)17-12-15(23-3)8-9-19(17)24-4/h5-10,12-13,18H,11H2,1-4H3,(H,21,22). The fourth-order valence-electron chi connectivity index (χ4n) is 2.70. The maximum absolute atomic E-state index is 11.9. The largest absolute Gasteiger partial charge is 0.497 e. The Morgan fingerprint density at radius 1 is 1.04 bits per heavy atom. The molecule has 0 heterocycles. The van der Waals surface area contributed by atoms with Gasteiger partial charge in [-0.25, -0.2) is 0 Å². The molecule has 0 aliphatic carbocycles. The zero-order chi connectivity index (χ0) is 18.4. The second kappa shape index (κ2) is 8.42. The number of rotatable bonds is 8. The van der Waals surface area contributed by atoms with Crippen LogP contribution in [-0.2, 0) is 11.2 Å². The van der Waals surface area contributed by atoms with Gasteiger partial charge in [0.2, 0.25) is 0 Å². The molecule has 1 unspecified atom stereocenters. The first-order valence-electron chi connectivity index (χ1n) is 8.15. The zero-order valence-corrected chi connectivity index (χ0v) is 15.0. The average molecular weight is 344 g/mol. The van der Waals surface area contributed by atoms with Crippen LogP contribution in [0.15, 0.2) is 42.5 Å². The van der Waals surface area contributed by atoms with Gasteiger partial charge in [-0.2, -0.15) is 0 Å². The Labute approximate surface area is 148 Å². The fourth-order valence-corrected chi connectivity index (χ4v) is 2.70. The summed E-state index contributed by atoms with van der Waals surface area (Å²) in [4.78, 5) is 11.9. The first kappa shape index (κ1) is 18.6. The summed E-state index contributed by atoms with van der Waals surface area (Å²) in [5.41, 5.74) is 1.47. The molecule has 0 fully saturated rings. The smallest absolute Gasteiger partial charge is 0.311 e. The number of benzene rings is 2. The van der Waals surface area contributed by atoms with E-state index in [4.69, 9.17) is 14.2 Å². The Kier molecular flexibility index (Phi) is 6.28. The fraction of sp³-hybridized carbons (Fsp3) is 0.350. The van der Waals surface area contributed by atoms with E-state index in [0.717, 1.165) is 11.3 Å². The first-order chi connectivity index (χ1) is 11.9. The van der Waals surface area contributed by atoms with Crippen molar-refractivity contribution in [3.8, 4) is 17.2 Å². The maximum atomic E-state index is 11.9. The molecule has 1 N–H and O–H groups in total. The number of hydrogen-bond acceptors (Lipinski definition) is 4. The van der Waals surface area contributed by atoms with Gasteiger partial charge in [-0.05, 0) is 56.2 Å². The van der Waals surface area contributed by atoms with Crippen LogP contribution in [0.1, 0.15) is 30.9 Å². The van der Waals surface area contributed by atoms with Crippen LogP contribution in [0.3, 0.4) is 0 Å². The molecule has 0 aliphatic heterocycles. The molecule has 0 aromatic heterocycles. The Balaban J connectivity index is 2.35. The highest BCUT2D eigenvalue weighted by atomic mass is 16.5. The summed E-state index contributed by atoms with van der Waals surface area (Å²) in [6, 6.07) is 12.7. The van der Waals surface area contributed by atoms with E-state index in [1.54, 1.807) is 25.3 Å². The number of carboxylic acids is 1. The van der Waals surface area contributed by atoms with Crippen molar-refractivity contribution < 1.29 is 24.1 Å². The Morgan fingerprint density at radius 2 is 1.80 bits per heavy atom. The number of ether oxygens (including phenoxy) is 3. The molecule has 2 aromatic rings. The lowest BCUT2D eigenvalue weighted by atomic mass is 9.91. The van der Waals surface area contributed by atoms with Crippen LogP contribution in [0.2, 0.25) is 0 Å². The van der Waals surface area contributed by atoms with E-state index in [1.807, 2.05) is 38.1 Å². The van der Waals surface area contributed by atoms with Gasteiger partial charge in [-0.3, -0.25) is 4.79 Å². The van der Waals surface area contributed by atoms with Gasteiger partial charge in [0, 0.05) is 5.56 Å². The second-order valence-corrected chi connectivity index (χ2v) is 6.02. The van der Waals surface area contributed by atoms with E-state index in [-0.39, 0.29) is 6.10 Å². The Hall–Kier alpha value is -2.69. The highest BCUT2D eigenvalue weighted by Crippen LogP contribution is 2.33. The molecule has 0 aliphatic rings. The predicted molar refractivity (Wildman–Crippen MR) is 95.8 cm³/mol. The molecule has 0 amide bonds. The summed E-state index contributed by atoms with van der Waals surface area (Å²) in [5, 5.41) is 9.76. The molecule has 0 saturated heterocycles. The van der Waals surface area contributed by atoms with Crippen LogP contribution in [-0.4, -0.2) is 31.4 Å². The average Bonchev–Trinajstić information content (AvgIpc) is 2.58. The first-order valence-corrected chi connectivity index (χ1v) is 8.15. The van der Waals surface area contributed by atoms with Crippen molar-refractivity contribution in [1.29, 1.82) is 0 Å². The third-order valence-electron chi connectivity index (χ3n) is 3.82. The normalized spacial score (nSPS) is 11.9. The van der Waals surface area contributed by atoms with Gasteiger partial charge in [0.25, 0.3) is 0 Å². The van der Waals surface area contributed by atoms with Gasteiger partial charge in [0.05, 0.1) is 26.2 Å². The lowest BCUT2D eigenvalue weighted by Gasteiger charge is -2.18. The Bertz CT molecular complexity index is 724. The van der Waals surface area contributed by atoms with E-state index >= 15 is 0 Å². The molecule has 2 aromatic carbocycles. The monoisotopic (exact) mass is 344 g/mol. The summed E-state index contributed by atoms with van der Waals surface area (Å²) in [7, 11) is 3.08. The third kappa shape index (κ3) is 4.89. The maximum Gasteiger partial charge on any atom is 0.311 e. The summed E-state index contributed by atoms with van der Waals surface area (Å²) in [6.45, 7) is 3.90. The van der Waals surface area contributed by atoms with Gasteiger partial charge < -0.3 is 19.3 Å². The topological polar surface area (TPSA) is 65.0 Å². The molecular formula is C20H24O5. The lowest BCUT2D eigenvalue weighted by molar-refractivity contribution is -0.138. The van der Waals surface area contributed by atoms with E-state index in [2.05, 4.69) is 0 Å². The molecule has 1 atom stereocenters. The van der Waals surface area contributed by atoms with Gasteiger partial charge in [0.1, 0.15) is 17.2 Å². The highest BCUT2D eigenvalue weighted by molar-refractivity contribution is 5.78. The number of aliphatic carboxylic acids is 1. The highest BCUT2D eigenvalue weighted by Gasteiger charge is 2.25. The van der Waals surface area contributed by atoms with Crippen LogP contribution in [0.4, 0.5) is 0 Å². The van der Waals surface area contributed by atoms with Crippen molar-refractivity contribution in [3.05, 3.63) is 53.6 Å². The molecule has 0 bridgehead atoms. The molecule has 0 radical (unpaired) electrons. The van der Waals surface area contributed by atoms with Gasteiger partial charge in [-0.1, -0.05) is 12.1 Å². The van der Waals surface area contributed by atoms with Crippen LogP contribution < -0.4 is 14.2 Å². The van der Waals surface area contributed by atoms with Gasteiger partial charge in [-0.15, -0.1) is 0 Å². The van der Waals surface area contributed by atoms with Crippen molar-refractivity contribution in [1.82, 2.24) is 0 Å². The van der Waals surface area contributed by atoms with Crippen molar-refractivity contribution in [2.45, 2.75) is 32.3 Å². The number of methoxy groups -OCH3 is 2. The third-order valence-corrected chi connectivity index (χ3v) is 3.82. The van der Waals surface area contributed by atoms with Crippen LogP contribution in [0.5, 0.6) is 17.2 Å². The van der Waals surface area contributed by atoms with Crippen LogP contribution in [0, 0.1) is 0 Å². The van der Waals surface area contributed by atoms with Crippen molar-refractivity contribution in [3.63, 3.8) is 0 Å². The summed E-state index contributed by atoms with van der Waals surface area (Å²) in [6.07, 6.45) is 0.387. The summed E-state index contributed by atoms with van der Waals surface area (Å²) in [5.74, 6) is 0.192. The quantitative estimate of drug-likeness (QED) is 0.787. The van der Waals surface area contributed by atoms with Gasteiger partial charge in [0.15, 0.2) is 0 Å². The number of carboxylic acid groups (broad SMARTS) is 1. The minimum atomic E-state index is -0.915. The summed E-state index contributed by atoms with van der Waals surface area (Å²) < 4.78 is 16.3. The molecule has 0 spiro atoms. The molecule has 5 heteroatoms. The molecule has 2 rings (SSSR count). The predicted octanol–water partition coefficient (Wildman–Crippen LogP) is 3.90. The van der Waals surface area contributed by atoms with Gasteiger partial charge >= 0.3 is 5.97 Å². The van der Waals surface area contributed by atoms with Crippen molar-refractivity contribution in [2.75, 3.05) is 14.2 Å². The van der Waals surface area contributed by atoms with E-state index < -0.39 is 11.9 Å².